The fraction of sp³-hybridized carbons (Fsp3) is 0.786. The Labute approximate surface area is 115 Å². The molecule has 18 heavy (non-hydrogen) atoms. The van der Waals surface area contributed by atoms with Gasteiger partial charge in [-0.15, -0.1) is 11.3 Å². The molecule has 1 aromatic rings. The van der Waals surface area contributed by atoms with Gasteiger partial charge in [-0.25, -0.2) is 4.98 Å². The Balaban J connectivity index is 1.82. The van der Waals surface area contributed by atoms with Gasteiger partial charge in [-0.05, 0) is 52.9 Å². The van der Waals surface area contributed by atoms with Gasteiger partial charge >= 0.3 is 0 Å². The lowest BCUT2D eigenvalue weighted by Gasteiger charge is -2.31. The van der Waals surface area contributed by atoms with Crippen LogP contribution in [-0.4, -0.2) is 43.1 Å². The van der Waals surface area contributed by atoms with Crippen molar-refractivity contribution in [2.24, 2.45) is 0 Å². The molecule has 0 bridgehead atoms. The summed E-state index contributed by atoms with van der Waals surface area (Å²) >= 11 is 1.91. The van der Waals surface area contributed by atoms with Gasteiger partial charge in [0.25, 0.3) is 0 Å². The lowest BCUT2D eigenvalue weighted by Crippen LogP contribution is -2.37. The van der Waals surface area contributed by atoms with E-state index in [2.05, 4.69) is 28.4 Å². The SMILES string of the molecule is CNCCCc1cnc(CC2CCCCN2C)s1. The van der Waals surface area contributed by atoms with Crippen molar-refractivity contribution in [2.45, 2.75) is 44.6 Å². The number of likely N-dealkylation sites (tertiary alicyclic amines) is 1. The van der Waals surface area contributed by atoms with Crippen molar-refractivity contribution in [1.82, 2.24) is 15.2 Å². The zero-order valence-corrected chi connectivity index (χ0v) is 12.4. The van der Waals surface area contributed by atoms with Crippen LogP contribution < -0.4 is 5.32 Å². The monoisotopic (exact) mass is 267 g/mol. The van der Waals surface area contributed by atoms with E-state index in [1.165, 1.54) is 48.5 Å². The molecule has 0 amide bonds. The van der Waals surface area contributed by atoms with Gasteiger partial charge in [0.1, 0.15) is 0 Å². The van der Waals surface area contributed by atoms with Crippen molar-refractivity contribution in [3.63, 3.8) is 0 Å². The zero-order chi connectivity index (χ0) is 12.8. The van der Waals surface area contributed by atoms with Crippen molar-refractivity contribution >= 4 is 11.3 Å². The molecule has 0 aromatic carbocycles. The number of aromatic nitrogens is 1. The van der Waals surface area contributed by atoms with Crippen molar-refractivity contribution in [1.29, 1.82) is 0 Å². The van der Waals surface area contributed by atoms with E-state index in [1.54, 1.807) is 0 Å². The Morgan fingerprint density at radius 1 is 1.50 bits per heavy atom. The molecular formula is C14H25N3S. The fourth-order valence-electron chi connectivity index (χ4n) is 2.60. The predicted molar refractivity (Wildman–Crippen MR) is 78.3 cm³/mol. The summed E-state index contributed by atoms with van der Waals surface area (Å²) in [4.78, 5) is 8.54. The topological polar surface area (TPSA) is 28.2 Å². The zero-order valence-electron chi connectivity index (χ0n) is 11.6. The first-order chi connectivity index (χ1) is 8.79. The maximum Gasteiger partial charge on any atom is 0.0943 e. The first-order valence-electron chi connectivity index (χ1n) is 7.08. The molecule has 1 atom stereocenters. The summed E-state index contributed by atoms with van der Waals surface area (Å²) in [5.41, 5.74) is 0. The summed E-state index contributed by atoms with van der Waals surface area (Å²) in [5, 5.41) is 4.52. The van der Waals surface area contributed by atoms with E-state index in [1.807, 2.05) is 18.4 Å². The number of aryl methyl sites for hydroxylation is 1. The average molecular weight is 267 g/mol. The summed E-state index contributed by atoms with van der Waals surface area (Å²) in [5.74, 6) is 0. The largest absolute Gasteiger partial charge is 0.320 e. The number of thiazole rings is 1. The van der Waals surface area contributed by atoms with Gasteiger partial charge in [0, 0.05) is 23.5 Å². The molecule has 1 aliphatic heterocycles. The standard InChI is InChI=1S/C14H25N3S/c1-15-8-5-7-13-11-16-14(18-13)10-12-6-3-4-9-17(12)2/h11-12,15H,3-10H2,1-2H3. The van der Waals surface area contributed by atoms with Crippen LogP contribution in [0, 0.1) is 0 Å². The van der Waals surface area contributed by atoms with Gasteiger partial charge in [-0.2, -0.15) is 0 Å². The summed E-state index contributed by atoms with van der Waals surface area (Å²) in [6.07, 6.45) is 9.69. The minimum Gasteiger partial charge on any atom is -0.320 e. The molecule has 1 saturated heterocycles. The first-order valence-corrected chi connectivity index (χ1v) is 7.89. The van der Waals surface area contributed by atoms with Crippen LogP contribution in [-0.2, 0) is 12.8 Å². The van der Waals surface area contributed by atoms with Crippen LogP contribution >= 0.6 is 11.3 Å². The maximum absolute atomic E-state index is 4.59. The Kier molecular flexibility index (Phi) is 5.60. The van der Waals surface area contributed by atoms with Crippen LogP contribution in [0.1, 0.15) is 35.6 Å². The van der Waals surface area contributed by atoms with Gasteiger partial charge < -0.3 is 10.2 Å². The Bertz CT molecular complexity index is 351. The minimum atomic E-state index is 0.718. The Hall–Kier alpha value is -0.450. The number of nitrogens with one attached hydrogen (secondary N) is 1. The van der Waals surface area contributed by atoms with E-state index in [-0.39, 0.29) is 0 Å². The number of hydrogen-bond acceptors (Lipinski definition) is 4. The molecule has 0 aliphatic carbocycles. The summed E-state index contributed by atoms with van der Waals surface area (Å²) in [7, 11) is 4.27. The van der Waals surface area contributed by atoms with Crippen LogP contribution in [0.3, 0.4) is 0 Å². The highest BCUT2D eigenvalue weighted by Gasteiger charge is 2.20. The molecule has 1 unspecified atom stereocenters. The molecule has 1 aliphatic rings. The molecule has 102 valence electrons. The molecule has 0 spiro atoms. The van der Waals surface area contributed by atoms with Gasteiger partial charge in [0.2, 0.25) is 0 Å². The van der Waals surface area contributed by atoms with Crippen molar-refractivity contribution in [2.75, 3.05) is 27.2 Å². The molecule has 1 fully saturated rings. The summed E-state index contributed by atoms with van der Waals surface area (Å²) in [6.45, 7) is 2.35. The second kappa shape index (κ2) is 7.22. The van der Waals surface area contributed by atoms with Gasteiger partial charge in [0.05, 0.1) is 5.01 Å². The predicted octanol–water partition coefficient (Wildman–Crippen LogP) is 2.32. The Morgan fingerprint density at radius 2 is 2.39 bits per heavy atom. The third-order valence-corrected chi connectivity index (χ3v) is 4.86. The van der Waals surface area contributed by atoms with Crippen LogP contribution in [0.2, 0.25) is 0 Å². The fourth-order valence-corrected chi connectivity index (χ4v) is 3.64. The third-order valence-electron chi connectivity index (χ3n) is 3.78. The highest BCUT2D eigenvalue weighted by atomic mass is 32.1. The van der Waals surface area contributed by atoms with Gasteiger partial charge in [-0.3, -0.25) is 0 Å². The molecule has 4 heteroatoms. The molecule has 3 nitrogen and oxygen atoms in total. The van der Waals surface area contributed by atoms with E-state index in [0.29, 0.717) is 0 Å². The summed E-state index contributed by atoms with van der Waals surface area (Å²) < 4.78 is 0. The lowest BCUT2D eigenvalue weighted by atomic mass is 10.0. The molecular weight excluding hydrogens is 242 g/mol. The van der Waals surface area contributed by atoms with E-state index in [0.717, 1.165) is 19.0 Å². The van der Waals surface area contributed by atoms with E-state index in [4.69, 9.17) is 0 Å². The molecule has 2 heterocycles. The van der Waals surface area contributed by atoms with E-state index in [9.17, 15) is 0 Å². The smallest absolute Gasteiger partial charge is 0.0943 e. The molecule has 0 radical (unpaired) electrons. The number of nitrogens with zero attached hydrogens (tertiary/aromatic N) is 2. The second-order valence-electron chi connectivity index (χ2n) is 5.26. The number of rotatable bonds is 6. The molecule has 1 N–H and O–H groups in total. The van der Waals surface area contributed by atoms with Crippen molar-refractivity contribution < 1.29 is 0 Å². The van der Waals surface area contributed by atoms with E-state index < -0.39 is 0 Å². The average Bonchev–Trinajstić information content (AvgIpc) is 2.80. The second-order valence-corrected chi connectivity index (χ2v) is 6.46. The maximum atomic E-state index is 4.59. The third kappa shape index (κ3) is 4.04. The number of likely N-dealkylation sites (N-methyl/N-ethyl adjacent to an activating group) is 1. The van der Waals surface area contributed by atoms with Crippen molar-refractivity contribution in [3.8, 4) is 0 Å². The van der Waals surface area contributed by atoms with Gasteiger partial charge in [-0.1, -0.05) is 6.42 Å². The highest BCUT2D eigenvalue weighted by Crippen LogP contribution is 2.22. The van der Waals surface area contributed by atoms with Crippen molar-refractivity contribution in [3.05, 3.63) is 16.1 Å². The Morgan fingerprint density at radius 3 is 3.17 bits per heavy atom. The summed E-state index contributed by atoms with van der Waals surface area (Å²) in [6, 6.07) is 0.718. The van der Waals surface area contributed by atoms with Crippen LogP contribution in [0.4, 0.5) is 0 Å². The van der Waals surface area contributed by atoms with Crippen LogP contribution in [0.15, 0.2) is 6.20 Å². The first kappa shape index (κ1) is 14.0. The normalized spacial score (nSPS) is 21.3. The van der Waals surface area contributed by atoms with Crippen LogP contribution in [0.25, 0.3) is 0 Å². The quantitative estimate of drug-likeness (QED) is 0.802. The van der Waals surface area contributed by atoms with E-state index >= 15 is 0 Å². The van der Waals surface area contributed by atoms with Gasteiger partial charge in [0.15, 0.2) is 0 Å². The number of hydrogen-bond donors (Lipinski definition) is 1. The van der Waals surface area contributed by atoms with Crippen LogP contribution in [0.5, 0.6) is 0 Å². The molecule has 1 aromatic heterocycles. The minimum absolute atomic E-state index is 0.718. The molecule has 2 rings (SSSR count). The lowest BCUT2D eigenvalue weighted by molar-refractivity contribution is 0.184. The number of piperidine rings is 1. The highest BCUT2D eigenvalue weighted by molar-refractivity contribution is 7.11. The molecule has 0 saturated carbocycles.